The average Bonchev–Trinajstić information content (AvgIpc) is 3.14. The minimum absolute atomic E-state index is 0.144. The summed E-state index contributed by atoms with van der Waals surface area (Å²) in [5.41, 5.74) is 9.34. The molecular weight excluding hydrogens is 276 g/mol. The summed E-state index contributed by atoms with van der Waals surface area (Å²) >= 11 is 0. The summed E-state index contributed by atoms with van der Waals surface area (Å²) < 4.78 is 0. The summed E-state index contributed by atoms with van der Waals surface area (Å²) in [6.45, 7) is 4.01. The Kier molecular flexibility index (Phi) is 2.94. The first kappa shape index (κ1) is 13.3. The van der Waals surface area contributed by atoms with E-state index >= 15 is 0 Å². The number of aromatic amines is 2. The van der Waals surface area contributed by atoms with E-state index in [4.69, 9.17) is 5.73 Å². The Hall–Kier alpha value is -2.34. The molecule has 1 aliphatic heterocycles. The zero-order chi connectivity index (χ0) is 15.2. The van der Waals surface area contributed by atoms with Crippen LogP contribution in [0.3, 0.4) is 0 Å². The molecule has 6 nitrogen and oxygen atoms in total. The number of pyridine rings is 1. The molecular formula is C16H20N6. The molecule has 1 atom stereocenters. The average molecular weight is 296 g/mol. The van der Waals surface area contributed by atoms with Gasteiger partial charge in [-0.3, -0.25) is 0 Å². The van der Waals surface area contributed by atoms with Crippen LogP contribution in [0.5, 0.6) is 0 Å². The van der Waals surface area contributed by atoms with Crippen molar-refractivity contribution in [3.8, 4) is 11.4 Å². The number of rotatable bonds is 2. The van der Waals surface area contributed by atoms with Crippen LogP contribution in [0.2, 0.25) is 0 Å². The topological polar surface area (TPSA) is 86.6 Å². The maximum absolute atomic E-state index is 6.37. The number of hydrogen-bond acceptors (Lipinski definition) is 4. The third kappa shape index (κ3) is 2.16. The molecule has 6 heteroatoms. The lowest BCUT2D eigenvalue weighted by molar-refractivity contribution is 0.375. The first-order valence-electron chi connectivity index (χ1n) is 7.64. The highest BCUT2D eigenvalue weighted by Crippen LogP contribution is 2.35. The van der Waals surface area contributed by atoms with Crippen molar-refractivity contribution in [2.45, 2.75) is 25.3 Å². The van der Waals surface area contributed by atoms with Crippen LogP contribution in [-0.4, -0.2) is 38.6 Å². The van der Waals surface area contributed by atoms with Crippen LogP contribution in [0.25, 0.3) is 22.4 Å². The number of hydrogen-bond donors (Lipinski definition) is 3. The van der Waals surface area contributed by atoms with E-state index in [1.54, 1.807) is 6.20 Å². The van der Waals surface area contributed by atoms with Crippen LogP contribution in [0.1, 0.15) is 19.8 Å². The Morgan fingerprint density at radius 1 is 1.27 bits per heavy atom. The van der Waals surface area contributed by atoms with Gasteiger partial charge in [-0.2, -0.15) is 0 Å². The van der Waals surface area contributed by atoms with Gasteiger partial charge in [-0.15, -0.1) is 0 Å². The van der Waals surface area contributed by atoms with Gasteiger partial charge in [-0.1, -0.05) is 0 Å². The lowest BCUT2D eigenvalue weighted by atomic mass is 9.92. The standard InChI is InChI=1S/C16H20N6/c1-16(17)4-2-8-22(10-16)12-3-5-18-15-13(12)11(9-21-15)14-19-6-7-20-14/h3,5-7,9H,2,4,8,10,17H2,1H3,(H,18,21)(H,19,20). The second-order valence-corrected chi connectivity index (χ2v) is 6.37. The van der Waals surface area contributed by atoms with Crippen LogP contribution in [-0.2, 0) is 0 Å². The Morgan fingerprint density at radius 2 is 2.18 bits per heavy atom. The van der Waals surface area contributed by atoms with E-state index in [0.717, 1.165) is 48.4 Å². The zero-order valence-corrected chi connectivity index (χ0v) is 12.6. The van der Waals surface area contributed by atoms with Gasteiger partial charge in [0.15, 0.2) is 0 Å². The van der Waals surface area contributed by atoms with Gasteiger partial charge in [-0.05, 0) is 25.8 Å². The van der Waals surface area contributed by atoms with E-state index < -0.39 is 0 Å². The quantitative estimate of drug-likeness (QED) is 0.677. The van der Waals surface area contributed by atoms with Gasteiger partial charge in [0.1, 0.15) is 11.5 Å². The van der Waals surface area contributed by atoms with Crippen LogP contribution >= 0.6 is 0 Å². The summed E-state index contributed by atoms with van der Waals surface area (Å²) in [6, 6.07) is 2.07. The van der Waals surface area contributed by atoms with Crippen molar-refractivity contribution in [3.63, 3.8) is 0 Å². The smallest absolute Gasteiger partial charge is 0.140 e. The highest BCUT2D eigenvalue weighted by Gasteiger charge is 2.28. The summed E-state index contributed by atoms with van der Waals surface area (Å²) in [4.78, 5) is 17.6. The predicted molar refractivity (Wildman–Crippen MR) is 87.7 cm³/mol. The molecule has 3 aromatic heterocycles. The Labute approximate surface area is 128 Å². The maximum atomic E-state index is 6.37. The van der Waals surface area contributed by atoms with E-state index in [1.165, 1.54) is 5.69 Å². The van der Waals surface area contributed by atoms with Crippen molar-refractivity contribution in [1.29, 1.82) is 0 Å². The SMILES string of the molecule is CC1(N)CCCN(c2ccnc3[nH]cc(-c4ncc[nH]4)c23)C1. The molecule has 0 radical (unpaired) electrons. The Morgan fingerprint density at radius 3 is 2.95 bits per heavy atom. The summed E-state index contributed by atoms with van der Waals surface area (Å²) in [5, 5.41) is 1.11. The molecule has 4 rings (SSSR count). The fraction of sp³-hybridized carbons (Fsp3) is 0.375. The molecule has 3 aromatic rings. The highest BCUT2D eigenvalue weighted by atomic mass is 15.2. The van der Waals surface area contributed by atoms with Crippen LogP contribution in [0.15, 0.2) is 30.9 Å². The molecule has 1 unspecified atom stereocenters. The molecule has 0 saturated carbocycles. The monoisotopic (exact) mass is 296 g/mol. The van der Waals surface area contributed by atoms with E-state index in [0.29, 0.717) is 0 Å². The zero-order valence-electron chi connectivity index (χ0n) is 12.6. The largest absolute Gasteiger partial charge is 0.369 e. The number of nitrogens with zero attached hydrogens (tertiary/aromatic N) is 3. The second-order valence-electron chi connectivity index (χ2n) is 6.37. The van der Waals surface area contributed by atoms with Gasteiger partial charge >= 0.3 is 0 Å². The number of imidazole rings is 1. The number of nitrogens with one attached hydrogen (secondary N) is 2. The third-order valence-electron chi connectivity index (χ3n) is 4.37. The summed E-state index contributed by atoms with van der Waals surface area (Å²) in [7, 11) is 0. The Bertz CT molecular complexity index is 786. The van der Waals surface area contributed by atoms with Crippen molar-refractivity contribution in [3.05, 3.63) is 30.9 Å². The number of aromatic nitrogens is 4. The number of piperidine rings is 1. The van der Waals surface area contributed by atoms with Crippen molar-refractivity contribution in [1.82, 2.24) is 19.9 Å². The molecule has 1 fully saturated rings. The first-order valence-corrected chi connectivity index (χ1v) is 7.64. The lowest BCUT2D eigenvalue weighted by Gasteiger charge is -2.39. The summed E-state index contributed by atoms with van der Waals surface area (Å²) in [6.07, 6.45) is 9.59. The third-order valence-corrected chi connectivity index (χ3v) is 4.37. The lowest BCUT2D eigenvalue weighted by Crippen LogP contribution is -2.52. The molecule has 4 heterocycles. The van der Waals surface area contributed by atoms with Crippen molar-refractivity contribution >= 4 is 16.7 Å². The number of nitrogens with two attached hydrogens (primary N) is 1. The van der Waals surface area contributed by atoms with Crippen molar-refractivity contribution in [2.75, 3.05) is 18.0 Å². The van der Waals surface area contributed by atoms with Crippen LogP contribution in [0, 0.1) is 0 Å². The number of fused-ring (bicyclic) bond motifs is 1. The van der Waals surface area contributed by atoms with E-state index in [9.17, 15) is 0 Å². The fourth-order valence-corrected chi connectivity index (χ4v) is 3.38. The van der Waals surface area contributed by atoms with Crippen molar-refractivity contribution < 1.29 is 0 Å². The number of H-pyrrole nitrogens is 2. The van der Waals surface area contributed by atoms with Gasteiger partial charge in [0.2, 0.25) is 0 Å². The maximum Gasteiger partial charge on any atom is 0.140 e. The molecule has 1 aliphatic rings. The first-order chi connectivity index (χ1) is 10.6. The van der Waals surface area contributed by atoms with Gasteiger partial charge in [-0.25, -0.2) is 9.97 Å². The normalized spacial score (nSPS) is 22.4. The predicted octanol–water partition coefficient (Wildman–Crippen LogP) is 2.27. The minimum Gasteiger partial charge on any atom is -0.369 e. The van der Waals surface area contributed by atoms with Crippen LogP contribution in [0.4, 0.5) is 5.69 Å². The van der Waals surface area contributed by atoms with Gasteiger partial charge in [0.05, 0.1) is 11.1 Å². The van der Waals surface area contributed by atoms with Crippen LogP contribution < -0.4 is 10.6 Å². The molecule has 0 aliphatic carbocycles. The molecule has 22 heavy (non-hydrogen) atoms. The second kappa shape index (κ2) is 4.84. The molecule has 0 aromatic carbocycles. The Balaban J connectivity index is 1.85. The molecule has 0 amide bonds. The van der Waals surface area contributed by atoms with E-state index in [-0.39, 0.29) is 5.54 Å². The van der Waals surface area contributed by atoms with Gasteiger partial charge in [0, 0.05) is 49.0 Å². The van der Waals surface area contributed by atoms with Crippen molar-refractivity contribution in [2.24, 2.45) is 5.73 Å². The number of anilines is 1. The van der Waals surface area contributed by atoms with Gasteiger partial charge < -0.3 is 20.6 Å². The fourth-order valence-electron chi connectivity index (χ4n) is 3.38. The molecule has 0 spiro atoms. The molecule has 0 bridgehead atoms. The highest BCUT2D eigenvalue weighted by molar-refractivity contribution is 6.01. The minimum atomic E-state index is -0.144. The summed E-state index contributed by atoms with van der Waals surface area (Å²) in [5.74, 6) is 0.855. The van der Waals surface area contributed by atoms with E-state index in [2.05, 4.69) is 37.8 Å². The molecule has 4 N–H and O–H groups in total. The molecule has 1 saturated heterocycles. The van der Waals surface area contributed by atoms with Gasteiger partial charge in [0.25, 0.3) is 0 Å². The van der Waals surface area contributed by atoms with E-state index in [1.807, 2.05) is 18.6 Å². The molecule has 114 valence electrons.